The first-order chi connectivity index (χ1) is 13.8. The monoisotopic (exact) mass is 392 g/mol. The van der Waals surface area contributed by atoms with Gasteiger partial charge in [0.1, 0.15) is 16.2 Å². The molecule has 0 radical (unpaired) electrons. The third-order valence-corrected chi connectivity index (χ3v) is 5.22. The van der Waals surface area contributed by atoms with Crippen molar-refractivity contribution in [1.82, 2.24) is 19.9 Å². The number of hydrogen-bond donors (Lipinski definition) is 2. The molecule has 0 aromatic carbocycles. The quantitative estimate of drug-likeness (QED) is 0.489. The number of thiazole rings is 1. The number of anilines is 3. The third-order valence-electron chi connectivity index (χ3n) is 4.34. The first-order valence-electron chi connectivity index (χ1n) is 8.88. The third kappa shape index (κ3) is 3.78. The fourth-order valence-electron chi connectivity index (χ4n) is 2.95. The number of fused-ring (bicyclic) bond motifs is 1. The van der Waals surface area contributed by atoms with Gasteiger partial charge in [0, 0.05) is 56.0 Å². The highest BCUT2D eigenvalue weighted by atomic mass is 32.1. The fourth-order valence-corrected chi connectivity index (χ4v) is 3.78. The number of methoxy groups -OCH3 is 1. The Morgan fingerprint density at radius 1 is 1.04 bits per heavy atom. The van der Waals surface area contributed by atoms with E-state index < -0.39 is 0 Å². The molecule has 0 bridgehead atoms. The molecule has 0 aliphatic heterocycles. The number of aromatic nitrogens is 4. The van der Waals surface area contributed by atoms with E-state index in [9.17, 15) is 0 Å². The van der Waals surface area contributed by atoms with Gasteiger partial charge in [-0.05, 0) is 30.3 Å². The van der Waals surface area contributed by atoms with Crippen LogP contribution in [0.4, 0.5) is 16.6 Å². The predicted molar refractivity (Wildman–Crippen MR) is 113 cm³/mol. The topological polar surface area (TPSA) is 84.9 Å². The summed E-state index contributed by atoms with van der Waals surface area (Å²) >= 11 is 1.51. The maximum absolute atomic E-state index is 5.24. The van der Waals surface area contributed by atoms with Crippen LogP contribution >= 0.6 is 11.3 Å². The molecule has 0 saturated carbocycles. The van der Waals surface area contributed by atoms with Crippen molar-refractivity contribution in [3.63, 3.8) is 0 Å². The summed E-state index contributed by atoms with van der Waals surface area (Å²) in [5.74, 6) is 0.775. The Bertz CT molecular complexity index is 1080. The van der Waals surface area contributed by atoms with Gasteiger partial charge >= 0.3 is 0 Å². The van der Waals surface area contributed by atoms with Gasteiger partial charge in [-0.3, -0.25) is 4.98 Å². The molecular formula is C20H20N6OS. The summed E-state index contributed by atoms with van der Waals surface area (Å²) in [5.41, 5.74) is 4.88. The minimum Gasteiger partial charge on any atom is -0.388 e. The number of nitrogens with zero attached hydrogens (tertiary/aromatic N) is 4. The Kier molecular flexibility index (Phi) is 5.41. The summed E-state index contributed by atoms with van der Waals surface area (Å²) in [6.07, 6.45) is 6.06. The zero-order valence-electron chi connectivity index (χ0n) is 15.6. The normalized spacial score (nSPS) is 10.9. The number of nitrogens with one attached hydrogen (secondary N) is 2. The van der Waals surface area contributed by atoms with Crippen LogP contribution in [0, 0.1) is 0 Å². The van der Waals surface area contributed by atoms with E-state index in [1.54, 1.807) is 25.7 Å². The van der Waals surface area contributed by atoms with E-state index in [1.165, 1.54) is 11.3 Å². The second-order valence-electron chi connectivity index (χ2n) is 6.08. The highest BCUT2D eigenvalue weighted by Gasteiger charge is 2.13. The summed E-state index contributed by atoms with van der Waals surface area (Å²) in [5, 5.41) is 7.33. The van der Waals surface area contributed by atoms with Gasteiger partial charge in [0.2, 0.25) is 0 Å². The summed E-state index contributed by atoms with van der Waals surface area (Å²) in [4.78, 5) is 18.8. The number of ether oxygens (including phenoxy) is 1. The van der Waals surface area contributed by atoms with Gasteiger partial charge in [-0.1, -0.05) is 11.3 Å². The SMILES string of the molecule is CNc1ccnc(Nc2nc3ccc(-c4ccncc4)nc3s2)c1CCOC. The van der Waals surface area contributed by atoms with E-state index in [1.807, 2.05) is 37.4 Å². The van der Waals surface area contributed by atoms with Crippen molar-refractivity contribution < 1.29 is 4.74 Å². The zero-order chi connectivity index (χ0) is 19.3. The Hall–Kier alpha value is -3.10. The highest BCUT2D eigenvalue weighted by Crippen LogP contribution is 2.31. The van der Waals surface area contributed by atoms with Crippen LogP contribution in [0.15, 0.2) is 48.9 Å². The van der Waals surface area contributed by atoms with Crippen LogP contribution in [0.3, 0.4) is 0 Å². The molecule has 0 atom stereocenters. The summed E-state index contributed by atoms with van der Waals surface area (Å²) in [6.45, 7) is 0.617. The first-order valence-corrected chi connectivity index (χ1v) is 9.69. The number of pyridine rings is 3. The van der Waals surface area contributed by atoms with Crippen molar-refractivity contribution in [3.05, 3.63) is 54.5 Å². The summed E-state index contributed by atoms with van der Waals surface area (Å²) in [7, 11) is 3.60. The molecule has 2 N–H and O–H groups in total. The van der Waals surface area contributed by atoms with Gasteiger partial charge in [-0.15, -0.1) is 0 Å². The zero-order valence-corrected chi connectivity index (χ0v) is 16.5. The second kappa shape index (κ2) is 8.28. The van der Waals surface area contributed by atoms with Crippen molar-refractivity contribution >= 4 is 38.3 Å². The van der Waals surface area contributed by atoms with Crippen LogP contribution in [0.1, 0.15) is 5.56 Å². The Labute approximate surface area is 166 Å². The Morgan fingerprint density at radius 3 is 2.68 bits per heavy atom. The molecule has 0 aliphatic carbocycles. The van der Waals surface area contributed by atoms with E-state index in [2.05, 4.69) is 25.6 Å². The average molecular weight is 392 g/mol. The molecule has 0 unspecified atom stereocenters. The van der Waals surface area contributed by atoms with Crippen LogP contribution in [0.5, 0.6) is 0 Å². The van der Waals surface area contributed by atoms with Crippen molar-refractivity contribution in [1.29, 1.82) is 0 Å². The van der Waals surface area contributed by atoms with Crippen LogP contribution in [-0.2, 0) is 11.2 Å². The lowest BCUT2D eigenvalue weighted by atomic mass is 10.1. The van der Waals surface area contributed by atoms with E-state index in [0.717, 1.165) is 50.2 Å². The van der Waals surface area contributed by atoms with E-state index in [-0.39, 0.29) is 0 Å². The van der Waals surface area contributed by atoms with Crippen LogP contribution in [-0.4, -0.2) is 40.7 Å². The Morgan fingerprint density at radius 2 is 1.89 bits per heavy atom. The highest BCUT2D eigenvalue weighted by molar-refractivity contribution is 7.21. The molecule has 28 heavy (non-hydrogen) atoms. The molecule has 0 spiro atoms. The molecule has 4 aromatic heterocycles. The Balaban J connectivity index is 1.65. The lowest BCUT2D eigenvalue weighted by Crippen LogP contribution is -2.06. The van der Waals surface area contributed by atoms with Gasteiger partial charge < -0.3 is 15.4 Å². The summed E-state index contributed by atoms with van der Waals surface area (Å²) in [6, 6.07) is 9.82. The van der Waals surface area contributed by atoms with E-state index in [4.69, 9.17) is 9.72 Å². The second-order valence-corrected chi connectivity index (χ2v) is 7.06. The van der Waals surface area contributed by atoms with Crippen molar-refractivity contribution in [2.75, 3.05) is 31.4 Å². The molecule has 142 valence electrons. The molecule has 0 saturated heterocycles. The first kappa shape index (κ1) is 18.3. The summed E-state index contributed by atoms with van der Waals surface area (Å²) < 4.78 is 5.24. The van der Waals surface area contributed by atoms with Gasteiger partial charge in [0.15, 0.2) is 5.13 Å². The van der Waals surface area contributed by atoms with Gasteiger partial charge in [-0.2, -0.15) is 0 Å². The molecule has 0 aliphatic rings. The molecule has 4 heterocycles. The van der Waals surface area contributed by atoms with Crippen LogP contribution < -0.4 is 10.6 Å². The lowest BCUT2D eigenvalue weighted by Gasteiger charge is -2.13. The standard InChI is InChI=1S/C20H20N6OS/c1-21-16-7-11-23-18(14(16)8-12-27-2)26-20-25-17-4-3-15(24-19(17)28-20)13-5-9-22-10-6-13/h3-7,9-11H,8,12H2,1-2H3,(H2,21,23,25,26). The van der Waals surface area contributed by atoms with Crippen molar-refractivity contribution in [2.24, 2.45) is 0 Å². The predicted octanol–water partition coefficient (Wildman–Crippen LogP) is 4.12. The van der Waals surface area contributed by atoms with Crippen LogP contribution in [0.25, 0.3) is 21.6 Å². The molecule has 0 fully saturated rings. The smallest absolute Gasteiger partial charge is 0.190 e. The molecular weight excluding hydrogens is 372 g/mol. The maximum atomic E-state index is 5.24. The van der Waals surface area contributed by atoms with Gasteiger partial charge in [-0.25, -0.2) is 15.0 Å². The van der Waals surface area contributed by atoms with Crippen molar-refractivity contribution in [2.45, 2.75) is 6.42 Å². The number of hydrogen-bond acceptors (Lipinski definition) is 8. The maximum Gasteiger partial charge on any atom is 0.190 e. The van der Waals surface area contributed by atoms with E-state index >= 15 is 0 Å². The molecule has 0 amide bonds. The molecule has 4 aromatic rings. The van der Waals surface area contributed by atoms with Gasteiger partial charge in [0.25, 0.3) is 0 Å². The van der Waals surface area contributed by atoms with Crippen molar-refractivity contribution in [3.8, 4) is 11.3 Å². The molecule has 4 rings (SSSR count). The lowest BCUT2D eigenvalue weighted by molar-refractivity contribution is 0.202. The van der Waals surface area contributed by atoms with Gasteiger partial charge in [0.05, 0.1) is 12.3 Å². The van der Waals surface area contributed by atoms with Crippen LogP contribution in [0.2, 0.25) is 0 Å². The largest absolute Gasteiger partial charge is 0.388 e. The number of rotatable bonds is 7. The average Bonchev–Trinajstić information content (AvgIpc) is 3.14. The molecule has 8 heteroatoms. The minimum atomic E-state index is 0.617. The van der Waals surface area contributed by atoms with E-state index in [0.29, 0.717) is 6.61 Å². The molecule has 7 nitrogen and oxygen atoms in total. The fraction of sp³-hybridized carbons (Fsp3) is 0.200. The minimum absolute atomic E-state index is 0.617.